The Morgan fingerprint density at radius 1 is 1.41 bits per heavy atom. The van der Waals surface area contributed by atoms with Gasteiger partial charge in [-0.1, -0.05) is 11.6 Å². The molecule has 0 saturated heterocycles. The van der Waals surface area contributed by atoms with Gasteiger partial charge in [-0.25, -0.2) is 0 Å². The van der Waals surface area contributed by atoms with E-state index in [0.29, 0.717) is 6.61 Å². The van der Waals surface area contributed by atoms with Gasteiger partial charge >= 0.3 is 0 Å². The second-order valence-electron chi connectivity index (χ2n) is 4.28. The van der Waals surface area contributed by atoms with Gasteiger partial charge < -0.3 is 15.2 Å². The van der Waals surface area contributed by atoms with E-state index in [-0.39, 0.29) is 6.04 Å². The fourth-order valence-corrected chi connectivity index (χ4v) is 1.44. The Balaban J connectivity index is 2.89. The normalized spacial score (nSPS) is 11.8. The monoisotopic (exact) mass is 235 g/mol. The highest BCUT2D eigenvalue weighted by atomic mass is 16.5. The third-order valence-electron chi connectivity index (χ3n) is 2.44. The largest absolute Gasteiger partial charge is 0.497 e. The lowest BCUT2D eigenvalue weighted by Crippen LogP contribution is -2.08. The quantitative estimate of drug-likeness (QED) is 0.798. The molecule has 0 fully saturated rings. The highest BCUT2D eigenvalue weighted by Crippen LogP contribution is 2.28. The maximum absolute atomic E-state index is 5.90. The lowest BCUT2D eigenvalue weighted by molar-refractivity contribution is 0.350. The molecule has 0 heterocycles. The van der Waals surface area contributed by atoms with Gasteiger partial charge in [0.1, 0.15) is 18.1 Å². The standard InChI is InChI=1S/C14H21NO2/c1-10(2)7-8-17-14-9-12(16-4)5-6-13(14)11(3)15/h5-7,9,11H,8,15H2,1-4H3/t11-/m1/s1. The van der Waals surface area contributed by atoms with Crippen LogP contribution in [0.5, 0.6) is 11.5 Å². The van der Waals surface area contributed by atoms with E-state index in [1.807, 2.05) is 45.0 Å². The Bertz CT molecular complexity index is 393. The third kappa shape index (κ3) is 4.11. The summed E-state index contributed by atoms with van der Waals surface area (Å²) in [6, 6.07) is 5.66. The van der Waals surface area contributed by atoms with E-state index in [1.54, 1.807) is 7.11 Å². The molecule has 94 valence electrons. The molecule has 0 spiro atoms. The molecule has 0 radical (unpaired) electrons. The molecule has 0 amide bonds. The van der Waals surface area contributed by atoms with Gasteiger partial charge in [0.05, 0.1) is 7.11 Å². The van der Waals surface area contributed by atoms with Crippen LogP contribution in [-0.4, -0.2) is 13.7 Å². The molecule has 2 N–H and O–H groups in total. The van der Waals surface area contributed by atoms with Gasteiger partial charge in [-0.05, 0) is 32.9 Å². The molecule has 1 aromatic carbocycles. The molecule has 0 aliphatic carbocycles. The molecule has 0 unspecified atom stereocenters. The molecule has 1 atom stereocenters. The van der Waals surface area contributed by atoms with Crippen molar-refractivity contribution in [2.45, 2.75) is 26.8 Å². The fourth-order valence-electron chi connectivity index (χ4n) is 1.44. The highest BCUT2D eigenvalue weighted by Gasteiger charge is 2.09. The van der Waals surface area contributed by atoms with Gasteiger partial charge in [-0.3, -0.25) is 0 Å². The molecule has 1 aromatic rings. The zero-order valence-corrected chi connectivity index (χ0v) is 11.0. The van der Waals surface area contributed by atoms with E-state index in [0.717, 1.165) is 17.1 Å². The molecule has 0 bridgehead atoms. The third-order valence-corrected chi connectivity index (χ3v) is 2.44. The number of benzene rings is 1. The lowest BCUT2D eigenvalue weighted by Gasteiger charge is -2.14. The van der Waals surface area contributed by atoms with E-state index < -0.39 is 0 Å². The number of hydrogen-bond acceptors (Lipinski definition) is 3. The van der Waals surface area contributed by atoms with E-state index in [9.17, 15) is 0 Å². The summed E-state index contributed by atoms with van der Waals surface area (Å²) in [5, 5.41) is 0. The van der Waals surface area contributed by atoms with Crippen LogP contribution < -0.4 is 15.2 Å². The first-order valence-corrected chi connectivity index (χ1v) is 5.74. The second-order valence-corrected chi connectivity index (χ2v) is 4.28. The van der Waals surface area contributed by atoms with Crippen LogP contribution in [0, 0.1) is 0 Å². The van der Waals surface area contributed by atoms with Crippen LogP contribution in [-0.2, 0) is 0 Å². The molecule has 0 saturated carbocycles. The van der Waals surface area contributed by atoms with Crippen LogP contribution in [0.2, 0.25) is 0 Å². The summed E-state index contributed by atoms with van der Waals surface area (Å²) < 4.78 is 10.9. The molecular formula is C14H21NO2. The molecule has 1 rings (SSSR count). The number of allylic oxidation sites excluding steroid dienone is 1. The topological polar surface area (TPSA) is 44.5 Å². The molecule has 0 aliphatic heterocycles. The molecule has 3 heteroatoms. The fraction of sp³-hybridized carbons (Fsp3) is 0.429. The summed E-state index contributed by atoms with van der Waals surface area (Å²) in [4.78, 5) is 0. The number of rotatable bonds is 5. The van der Waals surface area contributed by atoms with Crippen molar-refractivity contribution in [1.82, 2.24) is 0 Å². The summed E-state index contributed by atoms with van der Waals surface area (Å²) in [5.41, 5.74) is 8.13. The second kappa shape index (κ2) is 6.30. The average Bonchev–Trinajstić information content (AvgIpc) is 2.28. The Morgan fingerprint density at radius 2 is 2.12 bits per heavy atom. The first kappa shape index (κ1) is 13.6. The Labute approximate surface area is 103 Å². The van der Waals surface area contributed by atoms with Gasteiger partial charge in [-0.15, -0.1) is 0 Å². The minimum absolute atomic E-state index is 0.0531. The SMILES string of the molecule is COc1ccc([C@@H](C)N)c(OCC=C(C)C)c1. The van der Waals surface area contributed by atoms with Gasteiger partial charge in [0.25, 0.3) is 0 Å². The maximum atomic E-state index is 5.90. The van der Waals surface area contributed by atoms with Gasteiger partial charge in [0.2, 0.25) is 0 Å². The number of nitrogens with two attached hydrogens (primary N) is 1. The van der Waals surface area contributed by atoms with Crippen LogP contribution in [0.15, 0.2) is 29.8 Å². The molecule has 17 heavy (non-hydrogen) atoms. The van der Waals surface area contributed by atoms with Crippen molar-refractivity contribution in [1.29, 1.82) is 0 Å². The zero-order chi connectivity index (χ0) is 12.8. The van der Waals surface area contributed by atoms with Gasteiger partial charge in [-0.2, -0.15) is 0 Å². The highest BCUT2D eigenvalue weighted by molar-refractivity contribution is 5.42. The summed E-state index contributed by atoms with van der Waals surface area (Å²) in [6.45, 7) is 6.58. The Morgan fingerprint density at radius 3 is 2.65 bits per heavy atom. The zero-order valence-electron chi connectivity index (χ0n) is 11.0. The van der Waals surface area contributed by atoms with E-state index >= 15 is 0 Å². The molecule has 0 aromatic heterocycles. The lowest BCUT2D eigenvalue weighted by atomic mass is 10.1. The van der Waals surface area contributed by atoms with E-state index in [1.165, 1.54) is 5.57 Å². The smallest absolute Gasteiger partial charge is 0.128 e. The van der Waals surface area contributed by atoms with Crippen molar-refractivity contribution < 1.29 is 9.47 Å². The van der Waals surface area contributed by atoms with Crippen molar-refractivity contribution >= 4 is 0 Å². The summed E-state index contributed by atoms with van der Waals surface area (Å²) >= 11 is 0. The van der Waals surface area contributed by atoms with Crippen LogP contribution in [0.1, 0.15) is 32.4 Å². The minimum atomic E-state index is -0.0531. The average molecular weight is 235 g/mol. The van der Waals surface area contributed by atoms with Crippen molar-refractivity contribution in [3.05, 3.63) is 35.4 Å². The van der Waals surface area contributed by atoms with Crippen molar-refractivity contribution in [2.75, 3.05) is 13.7 Å². The van der Waals surface area contributed by atoms with E-state index in [4.69, 9.17) is 15.2 Å². The van der Waals surface area contributed by atoms with E-state index in [2.05, 4.69) is 0 Å². The van der Waals surface area contributed by atoms with Crippen LogP contribution in [0.3, 0.4) is 0 Å². The Kier molecular flexibility index (Phi) is 5.04. The number of methoxy groups -OCH3 is 1. The maximum Gasteiger partial charge on any atom is 0.128 e. The summed E-state index contributed by atoms with van der Waals surface area (Å²) in [6.07, 6.45) is 2.03. The van der Waals surface area contributed by atoms with Gasteiger partial charge in [0, 0.05) is 17.7 Å². The summed E-state index contributed by atoms with van der Waals surface area (Å²) in [5.74, 6) is 1.57. The first-order chi connectivity index (χ1) is 8.04. The summed E-state index contributed by atoms with van der Waals surface area (Å²) in [7, 11) is 1.64. The number of hydrogen-bond donors (Lipinski definition) is 1. The Hall–Kier alpha value is -1.48. The van der Waals surface area contributed by atoms with Crippen LogP contribution in [0.4, 0.5) is 0 Å². The predicted molar refractivity (Wildman–Crippen MR) is 70.5 cm³/mol. The molecular weight excluding hydrogens is 214 g/mol. The number of ether oxygens (including phenoxy) is 2. The van der Waals surface area contributed by atoms with Crippen LogP contribution in [0.25, 0.3) is 0 Å². The molecule has 0 aliphatic rings. The van der Waals surface area contributed by atoms with Crippen molar-refractivity contribution in [2.24, 2.45) is 5.73 Å². The molecule has 3 nitrogen and oxygen atoms in total. The predicted octanol–water partition coefficient (Wildman–Crippen LogP) is 3.06. The van der Waals surface area contributed by atoms with Crippen molar-refractivity contribution in [3.8, 4) is 11.5 Å². The first-order valence-electron chi connectivity index (χ1n) is 5.74. The minimum Gasteiger partial charge on any atom is -0.497 e. The van der Waals surface area contributed by atoms with Crippen molar-refractivity contribution in [3.63, 3.8) is 0 Å². The van der Waals surface area contributed by atoms with Gasteiger partial charge in [0.15, 0.2) is 0 Å². The van der Waals surface area contributed by atoms with Crippen LogP contribution >= 0.6 is 0 Å².